The molecule has 4 aromatic rings. The number of halogens is 4. The lowest BCUT2D eigenvalue weighted by atomic mass is 10.0. The first-order chi connectivity index (χ1) is 18.9. The van der Waals surface area contributed by atoms with Gasteiger partial charge in [0.15, 0.2) is 5.43 Å². The van der Waals surface area contributed by atoms with Crippen LogP contribution in [0.5, 0.6) is 0 Å². The van der Waals surface area contributed by atoms with Gasteiger partial charge in [0, 0.05) is 70.4 Å². The number of fused-ring (bicyclic) bond motifs is 3. The van der Waals surface area contributed by atoms with E-state index in [4.69, 9.17) is 4.74 Å². The van der Waals surface area contributed by atoms with Gasteiger partial charge < -0.3 is 13.9 Å². The van der Waals surface area contributed by atoms with Gasteiger partial charge in [0.05, 0.1) is 16.5 Å². The average molecular weight is 575 g/mol. The molecule has 1 fully saturated rings. The third-order valence-corrected chi connectivity index (χ3v) is 9.29. The quantitative estimate of drug-likeness (QED) is 0.134. The normalized spacial score (nSPS) is 15.9. The summed E-state index contributed by atoms with van der Waals surface area (Å²) >= 11 is 0. The third-order valence-electron chi connectivity index (χ3n) is 7.59. The number of ether oxygens (including phenoxy) is 1. The predicted molar refractivity (Wildman–Crippen MR) is 151 cm³/mol. The summed E-state index contributed by atoms with van der Waals surface area (Å²) in [6.07, 6.45) is 2.20. The highest BCUT2D eigenvalue weighted by Crippen LogP contribution is 2.33. The van der Waals surface area contributed by atoms with Crippen molar-refractivity contribution >= 4 is 30.0 Å². The fourth-order valence-corrected chi connectivity index (χ4v) is 6.10. The Hall–Kier alpha value is -3.02. The van der Waals surface area contributed by atoms with Crippen LogP contribution in [0.15, 0.2) is 53.7 Å². The Bertz CT molecular complexity index is 1570. The number of hydrogen-bond acceptors (Lipinski definition) is 4. The van der Waals surface area contributed by atoms with Crippen LogP contribution in [0.1, 0.15) is 30.0 Å². The van der Waals surface area contributed by atoms with Gasteiger partial charge in [0.1, 0.15) is 18.2 Å². The van der Waals surface area contributed by atoms with Crippen LogP contribution < -0.4 is 5.43 Å². The molecule has 0 atom stereocenters. The minimum Gasteiger partial charge on any atom is -0.361 e. The first-order valence-corrected chi connectivity index (χ1v) is 17.3. The fourth-order valence-electron chi connectivity index (χ4n) is 5.35. The number of piperidine rings is 1. The van der Waals surface area contributed by atoms with Crippen LogP contribution in [-0.4, -0.2) is 46.8 Å². The van der Waals surface area contributed by atoms with Crippen LogP contribution in [0.25, 0.3) is 21.9 Å². The molecule has 6 nitrogen and oxygen atoms in total. The largest absolute Gasteiger partial charge is 0.419 e. The van der Waals surface area contributed by atoms with Crippen LogP contribution in [-0.2, 0) is 24.2 Å². The maximum absolute atomic E-state index is 13.7. The monoisotopic (exact) mass is 574 g/mol. The standard InChI is InChI=1S/C29H34F4N4O2Si/c1-40(2,3)15-14-39-19-36-12-8-22-27-23(17-34-28(22)36)26(38)9-13-37(27)21-6-10-35(11-7-21)18-20-4-5-25(30)24(16-20)29(31,32)33/h4-5,8-9,12-13,16-17,21H,6-7,10-11,14-15,18-19H2,1-3H3. The fraction of sp³-hybridized carbons (Fsp3) is 0.448. The average Bonchev–Trinajstić information content (AvgIpc) is 3.31. The zero-order valence-corrected chi connectivity index (χ0v) is 24.0. The molecule has 1 saturated heterocycles. The molecule has 0 bridgehead atoms. The number of nitrogens with zero attached hydrogens (tertiary/aromatic N) is 4. The molecule has 0 N–H and O–H groups in total. The molecule has 4 heterocycles. The molecule has 0 radical (unpaired) electrons. The van der Waals surface area contributed by atoms with Crippen LogP contribution in [0, 0.1) is 5.82 Å². The topological polar surface area (TPSA) is 52.3 Å². The lowest BCUT2D eigenvalue weighted by Crippen LogP contribution is -2.34. The van der Waals surface area contributed by atoms with Crippen molar-refractivity contribution in [1.29, 1.82) is 0 Å². The van der Waals surface area contributed by atoms with Crippen LogP contribution >= 0.6 is 0 Å². The number of hydrogen-bond donors (Lipinski definition) is 0. The van der Waals surface area contributed by atoms with Gasteiger partial charge in [-0.15, -0.1) is 0 Å². The number of rotatable bonds is 8. The molecule has 0 saturated carbocycles. The minimum atomic E-state index is -4.72. The number of benzene rings is 1. The molecule has 0 unspecified atom stereocenters. The van der Waals surface area contributed by atoms with E-state index >= 15 is 0 Å². The van der Waals surface area contributed by atoms with Gasteiger partial charge in [-0.25, -0.2) is 9.37 Å². The number of aromatic nitrogens is 3. The minimum absolute atomic E-state index is 0.0889. The number of likely N-dealkylation sites (tertiary alicyclic amines) is 1. The predicted octanol–water partition coefficient (Wildman–Crippen LogP) is 6.66. The van der Waals surface area contributed by atoms with Gasteiger partial charge in [-0.05, 0) is 42.6 Å². The van der Waals surface area contributed by atoms with E-state index in [1.165, 1.54) is 6.07 Å². The van der Waals surface area contributed by atoms with E-state index in [2.05, 4.69) is 34.1 Å². The lowest BCUT2D eigenvalue weighted by Gasteiger charge is -2.34. The molecule has 40 heavy (non-hydrogen) atoms. The number of pyridine rings is 2. The molecule has 214 valence electrons. The Balaban J connectivity index is 1.34. The highest BCUT2D eigenvalue weighted by Gasteiger charge is 2.34. The Morgan fingerprint density at radius 3 is 2.50 bits per heavy atom. The van der Waals surface area contributed by atoms with Crippen molar-refractivity contribution in [1.82, 2.24) is 19.0 Å². The summed E-state index contributed by atoms with van der Waals surface area (Å²) in [7, 11) is -1.19. The van der Waals surface area contributed by atoms with Gasteiger partial charge in [-0.1, -0.05) is 25.7 Å². The van der Waals surface area contributed by atoms with E-state index in [0.717, 1.165) is 47.6 Å². The van der Waals surface area contributed by atoms with Gasteiger partial charge >= 0.3 is 6.18 Å². The van der Waals surface area contributed by atoms with E-state index in [0.29, 0.717) is 43.9 Å². The molecule has 0 aliphatic carbocycles. The zero-order chi connectivity index (χ0) is 28.7. The molecule has 5 rings (SSSR count). The van der Waals surface area contributed by atoms with E-state index < -0.39 is 25.6 Å². The van der Waals surface area contributed by atoms with Crippen molar-refractivity contribution in [3.05, 3.63) is 76.1 Å². The molecule has 1 aromatic carbocycles. The van der Waals surface area contributed by atoms with Crippen LogP contribution in [0.3, 0.4) is 0 Å². The molecule has 0 spiro atoms. The molecule has 1 aliphatic rings. The molecule has 11 heteroatoms. The van der Waals surface area contributed by atoms with Crippen molar-refractivity contribution in [3.63, 3.8) is 0 Å². The molecule has 3 aromatic heterocycles. The Kier molecular flexibility index (Phi) is 7.91. The molecule has 1 aliphatic heterocycles. The first kappa shape index (κ1) is 28.5. The summed E-state index contributed by atoms with van der Waals surface area (Å²) in [6, 6.07) is 7.93. The Morgan fingerprint density at radius 1 is 1.05 bits per heavy atom. The lowest BCUT2D eigenvalue weighted by molar-refractivity contribution is -0.140. The van der Waals surface area contributed by atoms with Crippen LogP contribution in [0.2, 0.25) is 25.7 Å². The molecule has 0 amide bonds. The van der Waals surface area contributed by atoms with Gasteiger partial charge in [0.2, 0.25) is 0 Å². The van der Waals surface area contributed by atoms with Gasteiger partial charge in [-0.3, -0.25) is 9.69 Å². The second-order valence-corrected chi connectivity index (χ2v) is 17.4. The summed E-state index contributed by atoms with van der Waals surface area (Å²) < 4.78 is 63.2. The highest BCUT2D eigenvalue weighted by molar-refractivity contribution is 6.76. The maximum Gasteiger partial charge on any atom is 0.419 e. The van der Waals surface area contributed by atoms with E-state index in [-0.39, 0.29) is 11.5 Å². The number of alkyl halides is 3. The molecular weight excluding hydrogens is 540 g/mol. The van der Waals surface area contributed by atoms with Gasteiger partial charge in [-0.2, -0.15) is 13.2 Å². The smallest absolute Gasteiger partial charge is 0.361 e. The van der Waals surface area contributed by atoms with E-state index in [9.17, 15) is 22.4 Å². The Morgan fingerprint density at radius 2 is 1.80 bits per heavy atom. The van der Waals surface area contributed by atoms with Crippen molar-refractivity contribution in [3.8, 4) is 0 Å². The van der Waals surface area contributed by atoms with Crippen molar-refractivity contribution in [2.45, 2.75) is 64.0 Å². The van der Waals surface area contributed by atoms with Crippen molar-refractivity contribution < 1.29 is 22.3 Å². The van der Waals surface area contributed by atoms with Crippen molar-refractivity contribution in [2.75, 3.05) is 19.7 Å². The third kappa shape index (κ3) is 6.16. The summed E-state index contributed by atoms with van der Waals surface area (Å²) in [5.41, 5.74) is 0.709. The van der Waals surface area contributed by atoms with E-state index in [1.807, 2.05) is 23.0 Å². The summed E-state index contributed by atoms with van der Waals surface area (Å²) in [5.74, 6) is -1.26. The summed E-state index contributed by atoms with van der Waals surface area (Å²) in [5, 5.41) is 1.44. The van der Waals surface area contributed by atoms with Crippen molar-refractivity contribution in [2.24, 2.45) is 0 Å². The first-order valence-electron chi connectivity index (χ1n) is 13.6. The maximum atomic E-state index is 13.7. The summed E-state index contributed by atoms with van der Waals surface area (Å²) in [4.78, 5) is 19.4. The zero-order valence-electron chi connectivity index (χ0n) is 23.0. The second-order valence-electron chi connectivity index (χ2n) is 11.8. The van der Waals surface area contributed by atoms with Crippen LogP contribution in [0.4, 0.5) is 17.6 Å². The second kappa shape index (κ2) is 11.1. The van der Waals surface area contributed by atoms with E-state index in [1.54, 1.807) is 12.3 Å². The Labute approximate surface area is 231 Å². The van der Waals surface area contributed by atoms with Gasteiger partial charge in [0.25, 0.3) is 0 Å². The SMILES string of the molecule is C[Si](C)(C)CCOCn1ccc2c1ncc1c(=O)ccn(C3CCN(Cc4ccc(F)c(C(F)(F)F)c4)CC3)c12. The highest BCUT2D eigenvalue weighted by atomic mass is 28.3. The summed E-state index contributed by atoms with van der Waals surface area (Å²) in [6.45, 7) is 9.66. The molecular formula is C29H34F4N4O2Si.